The highest BCUT2D eigenvalue weighted by Gasteiger charge is 2.19. The van der Waals surface area contributed by atoms with Crippen molar-refractivity contribution in [3.63, 3.8) is 0 Å². The molecule has 58 heavy (non-hydrogen) atoms. The number of fused-ring (bicyclic) bond motifs is 9. The van der Waals surface area contributed by atoms with Gasteiger partial charge in [-0.1, -0.05) is 115 Å². The van der Waals surface area contributed by atoms with E-state index in [2.05, 4.69) is 191 Å². The van der Waals surface area contributed by atoms with E-state index >= 15 is 0 Å². The van der Waals surface area contributed by atoms with Gasteiger partial charge in [0.2, 0.25) is 0 Å². The van der Waals surface area contributed by atoms with Crippen LogP contribution in [0.3, 0.4) is 0 Å². The van der Waals surface area contributed by atoms with Gasteiger partial charge in [-0.05, 0) is 113 Å². The standard InChI is InChI=1S/C54H34N2O2/c1-2-10-39(11-3-1)56-49-15-7-4-12-43(49)44-29-28-42(34-50(44)56)55(40-24-18-35(19-25-40)37-22-30-53-47(32-37)45-13-5-8-16-51(45)57-53)41-26-20-36(21-27-41)38-23-31-54-48(33-38)46-14-6-9-17-52(46)58-54/h1-34H. The SMILES string of the molecule is c1ccc(-n2c3ccccc3c3ccc(N(c4ccc(-c5ccc6oc7ccccc7c6c5)cc4)c4ccc(-c5ccc6oc7ccccc7c6c5)cc4)cc32)cc1. The van der Waals surface area contributed by atoms with E-state index in [0.29, 0.717) is 0 Å². The second kappa shape index (κ2) is 12.9. The Kier molecular flexibility index (Phi) is 7.20. The Bertz CT molecular complexity index is 3340. The van der Waals surface area contributed by atoms with Gasteiger partial charge in [-0.15, -0.1) is 0 Å². The van der Waals surface area contributed by atoms with E-state index in [1.807, 2.05) is 24.3 Å². The van der Waals surface area contributed by atoms with Crippen LogP contribution in [0.4, 0.5) is 17.1 Å². The molecule has 0 bridgehead atoms. The van der Waals surface area contributed by atoms with Gasteiger partial charge in [-0.25, -0.2) is 0 Å². The molecule has 3 heterocycles. The summed E-state index contributed by atoms with van der Waals surface area (Å²) in [4.78, 5) is 2.36. The molecule has 0 aliphatic carbocycles. The molecule has 0 radical (unpaired) electrons. The largest absolute Gasteiger partial charge is 0.456 e. The fraction of sp³-hybridized carbons (Fsp3) is 0. The van der Waals surface area contributed by atoms with Gasteiger partial charge >= 0.3 is 0 Å². The molecule has 0 aliphatic heterocycles. The van der Waals surface area contributed by atoms with Crippen LogP contribution in [-0.4, -0.2) is 4.57 Å². The molecular formula is C54H34N2O2. The van der Waals surface area contributed by atoms with Crippen molar-refractivity contribution in [3.8, 4) is 27.9 Å². The van der Waals surface area contributed by atoms with E-state index in [-0.39, 0.29) is 0 Å². The highest BCUT2D eigenvalue weighted by molar-refractivity contribution is 6.11. The number of hydrogen-bond donors (Lipinski definition) is 0. The lowest BCUT2D eigenvalue weighted by Crippen LogP contribution is -2.10. The van der Waals surface area contributed by atoms with E-state index in [1.165, 1.54) is 16.3 Å². The van der Waals surface area contributed by atoms with Gasteiger partial charge in [0.1, 0.15) is 22.3 Å². The van der Waals surface area contributed by atoms with Crippen molar-refractivity contribution in [1.82, 2.24) is 4.57 Å². The lowest BCUT2D eigenvalue weighted by Gasteiger charge is -2.26. The van der Waals surface area contributed by atoms with Crippen molar-refractivity contribution in [2.24, 2.45) is 0 Å². The Hall–Kier alpha value is -7.82. The molecule has 3 aromatic heterocycles. The Morgan fingerprint density at radius 3 is 1.33 bits per heavy atom. The van der Waals surface area contributed by atoms with Gasteiger partial charge in [0.05, 0.1) is 11.0 Å². The number of rotatable bonds is 6. The van der Waals surface area contributed by atoms with E-state index in [4.69, 9.17) is 8.83 Å². The third-order valence-electron chi connectivity index (χ3n) is 11.6. The van der Waals surface area contributed by atoms with Crippen molar-refractivity contribution >= 4 is 82.7 Å². The number of aromatic nitrogens is 1. The number of hydrogen-bond acceptors (Lipinski definition) is 3. The summed E-state index contributed by atoms with van der Waals surface area (Å²) in [5.74, 6) is 0. The molecular weight excluding hydrogens is 709 g/mol. The number of anilines is 3. The van der Waals surface area contributed by atoms with Crippen molar-refractivity contribution < 1.29 is 8.83 Å². The van der Waals surface area contributed by atoms with Crippen molar-refractivity contribution in [2.45, 2.75) is 0 Å². The zero-order valence-corrected chi connectivity index (χ0v) is 31.3. The topological polar surface area (TPSA) is 34.5 Å². The quantitative estimate of drug-likeness (QED) is 0.170. The summed E-state index contributed by atoms with van der Waals surface area (Å²) in [5, 5.41) is 6.97. The monoisotopic (exact) mass is 742 g/mol. The van der Waals surface area contributed by atoms with Crippen LogP contribution >= 0.6 is 0 Å². The van der Waals surface area contributed by atoms with E-state index in [1.54, 1.807) is 0 Å². The molecule has 4 heteroatoms. The zero-order valence-electron chi connectivity index (χ0n) is 31.3. The number of furan rings is 2. The third kappa shape index (κ3) is 5.16. The zero-order chi connectivity index (χ0) is 38.2. The van der Waals surface area contributed by atoms with Crippen LogP contribution in [0.1, 0.15) is 0 Å². The normalized spacial score (nSPS) is 11.8. The molecule has 0 saturated heterocycles. The first-order valence-corrected chi connectivity index (χ1v) is 19.7. The minimum Gasteiger partial charge on any atom is -0.456 e. The van der Waals surface area contributed by atoms with Crippen molar-refractivity contribution in [1.29, 1.82) is 0 Å². The Morgan fingerprint density at radius 1 is 0.293 bits per heavy atom. The highest BCUT2D eigenvalue weighted by Crippen LogP contribution is 2.42. The molecule has 12 rings (SSSR count). The second-order valence-corrected chi connectivity index (χ2v) is 14.9. The van der Waals surface area contributed by atoms with Gasteiger partial charge in [0, 0.05) is 55.1 Å². The fourth-order valence-corrected chi connectivity index (χ4v) is 8.82. The van der Waals surface area contributed by atoms with Crippen molar-refractivity contribution in [3.05, 3.63) is 206 Å². The molecule has 0 saturated carbocycles. The summed E-state index contributed by atoms with van der Waals surface area (Å²) >= 11 is 0. The van der Waals surface area contributed by atoms with Crippen LogP contribution in [0.25, 0.3) is 93.6 Å². The molecule has 0 amide bonds. The third-order valence-corrected chi connectivity index (χ3v) is 11.6. The summed E-state index contributed by atoms with van der Waals surface area (Å²) in [7, 11) is 0. The molecule has 0 spiro atoms. The lowest BCUT2D eigenvalue weighted by atomic mass is 10.0. The molecule has 4 nitrogen and oxygen atoms in total. The van der Waals surface area contributed by atoms with Gasteiger partial charge in [-0.3, -0.25) is 0 Å². The second-order valence-electron chi connectivity index (χ2n) is 14.9. The fourth-order valence-electron chi connectivity index (χ4n) is 8.82. The Morgan fingerprint density at radius 2 is 0.741 bits per heavy atom. The molecule has 9 aromatic carbocycles. The minimum atomic E-state index is 0.900. The average Bonchev–Trinajstić information content (AvgIpc) is 3.96. The predicted octanol–water partition coefficient (Wildman–Crippen LogP) is 15.4. The first-order chi connectivity index (χ1) is 28.7. The maximum Gasteiger partial charge on any atom is 0.135 e. The van der Waals surface area contributed by atoms with Crippen LogP contribution in [-0.2, 0) is 0 Å². The van der Waals surface area contributed by atoms with Gasteiger partial charge in [0.25, 0.3) is 0 Å². The van der Waals surface area contributed by atoms with Gasteiger partial charge < -0.3 is 18.3 Å². The Balaban J connectivity index is 0.993. The summed E-state index contributed by atoms with van der Waals surface area (Å²) in [5.41, 5.74) is 14.9. The maximum absolute atomic E-state index is 6.13. The van der Waals surface area contributed by atoms with Crippen LogP contribution in [0, 0.1) is 0 Å². The minimum absolute atomic E-state index is 0.900. The summed E-state index contributed by atoms with van der Waals surface area (Å²) in [6.07, 6.45) is 0. The lowest BCUT2D eigenvalue weighted by molar-refractivity contribution is 0.668. The summed E-state index contributed by atoms with van der Waals surface area (Å²) in [6.45, 7) is 0. The summed E-state index contributed by atoms with van der Waals surface area (Å²) < 4.78 is 14.6. The van der Waals surface area contributed by atoms with Crippen molar-refractivity contribution in [2.75, 3.05) is 4.90 Å². The van der Waals surface area contributed by atoms with E-state index < -0.39 is 0 Å². The molecule has 0 unspecified atom stereocenters. The van der Waals surface area contributed by atoms with Gasteiger partial charge in [-0.2, -0.15) is 0 Å². The first kappa shape index (κ1) is 32.4. The predicted molar refractivity (Wildman–Crippen MR) is 241 cm³/mol. The maximum atomic E-state index is 6.13. The van der Waals surface area contributed by atoms with Crippen LogP contribution in [0.5, 0.6) is 0 Å². The average molecular weight is 743 g/mol. The van der Waals surface area contributed by atoms with Crippen LogP contribution in [0.15, 0.2) is 215 Å². The van der Waals surface area contributed by atoms with E-state index in [9.17, 15) is 0 Å². The molecule has 0 aliphatic rings. The molecule has 0 N–H and O–H groups in total. The number of benzene rings is 9. The molecule has 0 fully saturated rings. The Labute approximate surface area is 334 Å². The smallest absolute Gasteiger partial charge is 0.135 e. The molecule has 12 aromatic rings. The van der Waals surface area contributed by atoms with E-state index in [0.717, 1.165) is 94.4 Å². The molecule has 0 atom stereocenters. The van der Waals surface area contributed by atoms with Gasteiger partial charge in [0.15, 0.2) is 0 Å². The van der Waals surface area contributed by atoms with Crippen LogP contribution in [0.2, 0.25) is 0 Å². The van der Waals surface area contributed by atoms with Crippen LogP contribution < -0.4 is 4.90 Å². The number of nitrogens with zero attached hydrogens (tertiary/aromatic N) is 2. The highest BCUT2D eigenvalue weighted by atomic mass is 16.3. The molecule has 272 valence electrons. The number of para-hydroxylation sites is 4. The summed E-state index contributed by atoms with van der Waals surface area (Å²) in [6, 6.07) is 73.5. The first-order valence-electron chi connectivity index (χ1n) is 19.7.